The minimum Gasteiger partial charge on any atom is -0.495 e. The van der Waals surface area contributed by atoms with Crippen LogP contribution >= 0.6 is 0 Å². The van der Waals surface area contributed by atoms with Gasteiger partial charge in [-0.05, 0) is 49.1 Å². The smallest absolute Gasteiger partial charge is 0.411 e. The number of alkyl halides is 3. The van der Waals surface area contributed by atoms with Crippen molar-refractivity contribution in [3.05, 3.63) is 83.0 Å². The fraction of sp³-hybridized carbons (Fsp3) is 0.379. The first-order chi connectivity index (χ1) is 19.4. The van der Waals surface area contributed by atoms with E-state index < -0.39 is 54.6 Å². The molecule has 1 aliphatic heterocycles. The van der Waals surface area contributed by atoms with Gasteiger partial charge in [0.05, 0.1) is 25.8 Å². The van der Waals surface area contributed by atoms with E-state index in [4.69, 9.17) is 9.47 Å². The number of rotatable bonds is 7. The van der Waals surface area contributed by atoms with Gasteiger partial charge in [0.1, 0.15) is 24.2 Å². The number of pyridine rings is 1. The normalized spacial score (nSPS) is 22.7. The summed E-state index contributed by atoms with van der Waals surface area (Å²) in [6.45, 7) is -0.322. The molecule has 41 heavy (non-hydrogen) atoms. The van der Waals surface area contributed by atoms with Crippen molar-refractivity contribution >= 4 is 17.8 Å². The van der Waals surface area contributed by atoms with Crippen LogP contribution < -0.4 is 4.74 Å². The van der Waals surface area contributed by atoms with Crippen molar-refractivity contribution < 1.29 is 41.4 Å². The van der Waals surface area contributed by atoms with Crippen molar-refractivity contribution in [2.75, 3.05) is 20.2 Å². The topological polar surface area (TPSA) is 89.0 Å². The monoisotopic (exact) mass is 573 g/mol. The number of allylic oxidation sites excluding steroid dienone is 2. The minimum absolute atomic E-state index is 0.0931. The van der Waals surface area contributed by atoms with E-state index in [0.29, 0.717) is 45.8 Å². The Morgan fingerprint density at radius 3 is 2.66 bits per heavy atom. The van der Waals surface area contributed by atoms with Gasteiger partial charge in [0.2, 0.25) is 5.91 Å². The fourth-order valence-electron chi connectivity index (χ4n) is 5.51. The fourth-order valence-corrected chi connectivity index (χ4v) is 5.51. The number of amides is 2. The highest BCUT2D eigenvalue weighted by Gasteiger charge is 2.54. The third kappa shape index (κ3) is 5.42. The molecule has 3 atom stereocenters. The van der Waals surface area contributed by atoms with Gasteiger partial charge < -0.3 is 14.4 Å². The number of carbonyl (C=O) groups is 3. The summed E-state index contributed by atoms with van der Waals surface area (Å²) in [6, 6.07) is 4.35. The highest BCUT2D eigenvalue weighted by Crippen LogP contribution is 2.47. The molecule has 0 bridgehead atoms. The lowest BCUT2D eigenvalue weighted by molar-refractivity contribution is -0.187. The van der Waals surface area contributed by atoms with Gasteiger partial charge in [0.15, 0.2) is 11.4 Å². The Bertz CT molecular complexity index is 1440. The number of fused-ring (bicyclic) bond motifs is 1. The summed E-state index contributed by atoms with van der Waals surface area (Å²) in [5.41, 5.74) is 0.797. The number of hydrogen-bond acceptors (Lipinski definition) is 6. The van der Waals surface area contributed by atoms with Crippen LogP contribution in [0.3, 0.4) is 0 Å². The van der Waals surface area contributed by atoms with E-state index >= 15 is 0 Å². The third-order valence-electron chi connectivity index (χ3n) is 7.80. The van der Waals surface area contributed by atoms with Gasteiger partial charge in [-0.1, -0.05) is 24.3 Å². The Balaban J connectivity index is 1.33. The lowest BCUT2D eigenvalue weighted by Crippen LogP contribution is -2.50. The number of benzene rings is 1. The molecular weight excluding hydrogens is 546 g/mol. The predicted octanol–water partition coefficient (Wildman–Crippen LogP) is 4.71. The summed E-state index contributed by atoms with van der Waals surface area (Å²) in [7, 11) is 1.50. The third-order valence-corrected chi connectivity index (χ3v) is 7.80. The molecule has 2 aromatic rings. The molecule has 1 spiro atoms. The molecule has 12 heteroatoms. The highest BCUT2D eigenvalue weighted by molar-refractivity contribution is 6.05. The molecular formula is C29H27F4N3O5. The SMILES string of the molecule is COc1cncc(C2C=CC3=C(CC[C@]34CN(CC(=O)N(Cc3ccc(F)cc3)[C@@H](C)C(F)(F)F)C(=O)O4)C2=O)c1. The Morgan fingerprint density at radius 1 is 1.24 bits per heavy atom. The van der Waals surface area contributed by atoms with E-state index in [9.17, 15) is 31.9 Å². The maximum absolute atomic E-state index is 13.7. The van der Waals surface area contributed by atoms with Crippen LogP contribution in [-0.2, 0) is 20.9 Å². The second-order valence-electron chi connectivity index (χ2n) is 10.3. The van der Waals surface area contributed by atoms with Crippen LogP contribution in [0.5, 0.6) is 5.75 Å². The summed E-state index contributed by atoms with van der Waals surface area (Å²) in [5, 5.41) is 0. The maximum Gasteiger partial charge on any atom is 0.411 e. The van der Waals surface area contributed by atoms with Crippen LogP contribution in [0.2, 0.25) is 0 Å². The maximum atomic E-state index is 13.7. The number of aromatic nitrogens is 1. The lowest BCUT2D eigenvalue weighted by Gasteiger charge is -2.32. The van der Waals surface area contributed by atoms with E-state index in [0.717, 1.165) is 24.0 Å². The van der Waals surface area contributed by atoms with Crippen molar-refractivity contribution in [1.82, 2.24) is 14.8 Å². The van der Waals surface area contributed by atoms with Gasteiger partial charge in [-0.15, -0.1) is 0 Å². The number of hydrogen-bond donors (Lipinski definition) is 0. The number of carbonyl (C=O) groups excluding carboxylic acids is 3. The van der Waals surface area contributed by atoms with E-state index in [1.165, 1.54) is 25.4 Å². The molecule has 1 aromatic heterocycles. The summed E-state index contributed by atoms with van der Waals surface area (Å²) in [4.78, 5) is 45.3. The molecule has 0 N–H and O–H groups in total. The quantitative estimate of drug-likeness (QED) is 0.446. The molecule has 8 nitrogen and oxygen atoms in total. The van der Waals surface area contributed by atoms with Crippen LogP contribution in [0.25, 0.3) is 0 Å². The molecule has 1 saturated heterocycles. The lowest BCUT2D eigenvalue weighted by atomic mass is 9.83. The number of ether oxygens (including phenoxy) is 2. The second kappa shape index (κ2) is 10.6. The van der Waals surface area contributed by atoms with Gasteiger partial charge >= 0.3 is 12.3 Å². The molecule has 1 fully saturated rings. The Kier molecular flexibility index (Phi) is 7.35. The zero-order chi connectivity index (χ0) is 29.5. The second-order valence-corrected chi connectivity index (χ2v) is 10.3. The molecule has 2 amide bonds. The standard InChI is InChI=1S/C29H27F4N3O5/c1-17(29(31,32)33)36(14-18-3-5-20(30)6-4-18)25(37)15-35-16-28(41-27(35)39)10-9-23-24(28)8-7-22(26(23)38)19-11-21(40-2)13-34-12-19/h3-8,11-13,17,22H,9-10,14-16H2,1-2H3/t17-,22?,28-/m0/s1. The first kappa shape index (κ1) is 28.3. The molecule has 0 radical (unpaired) electrons. The molecule has 2 heterocycles. The zero-order valence-electron chi connectivity index (χ0n) is 22.3. The average molecular weight is 574 g/mol. The molecule has 1 unspecified atom stereocenters. The van der Waals surface area contributed by atoms with Crippen molar-refractivity contribution in [1.29, 1.82) is 0 Å². The summed E-state index contributed by atoms with van der Waals surface area (Å²) in [5.74, 6) is -1.76. The van der Waals surface area contributed by atoms with Crippen LogP contribution in [0.15, 0.2) is 66.0 Å². The van der Waals surface area contributed by atoms with Gasteiger partial charge in [-0.25, -0.2) is 9.18 Å². The predicted molar refractivity (Wildman–Crippen MR) is 137 cm³/mol. The van der Waals surface area contributed by atoms with Gasteiger partial charge in [0.25, 0.3) is 0 Å². The minimum atomic E-state index is -4.73. The van der Waals surface area contributed by atoms with Crippen molar-refractivity contribution in [2.45, 2.75) is 50.0 Å². The van der Waals surface area contributed by atoms with Crippen LogP contribution in [0.1, 0.15) is 36.8 Å². The van der Waals surface area contributed by atoms with E-state index in [-0.39, 0.29) is 12.3 Å². The molecule has 5 rings (SSSR count). The molecule has 1 aromatic carbocycles. The van der Waals surface area contributed by atoms with Gasteiger partial charge in [0, 0.05) is 23.9 Å². The number of nitrogens with zero attached hydrogens (tertiary/aromatic N) is 3. The number of Topliss-reactive ketones (excluding diaryl/α,β-unsaturated/α-hetero) is 1. The Labute approximate surface area is 233 Å². The summed E-state index contributed by atoms with van der Waals surface area (Å²) in [6.07, 6.45) is 1.59. The molecule has 3 aliphatic rings. The van der Waals surface area contributed by atoms with E-state index in [1.54, 1.807) is 24.4 Å². The van der Waals surface area contributed by atoms with Crippen molar-refractivity contribution in [3.8, 4) is 5.75 Å². The van der Waals surface area contributed by atoms with Crippen LogP contribution in [0, 0.1) is 5.82 Å². The zero-order valence-corrected chi connectivity index (χ0v) is 22.3. The highest BCUT2D eigenvalue weighted by atomic mass is 19.4. The van der Waals surface area contributed by atoms with Crippen LogP contribution in [0.4, 0.5) is 22.4 Å². The molecule has 2 aliphatic carbocycles. The van der Waals surface area contributed by atoms with Crippen LogP contribution in [-0.4, -0.2) is 70.6 Å². The first-order valence-corrected chi connectivity index (χ1v) is 13.0. The van der Waals surface area contributed by atoms with Crippen molar-refractivity contribution in [3.63, 3.8) is 0 Å². The number of halogens is 4. The van der Waals surface area contributed by atoms with Crippen molar-refractivity contribution in [2.24, 2.45) is 0 Å². The van der Waals surface area contributed by atoms with Gasteiger partial charge in [-0.3, -0.25) is 19.5 Å². The summed E-state index contributed by atoms with van der Waals surface area (Å²) >= 11 is 0. The number of methoxy groups -OCH3 is 1. The largest absolute Gasteiger partial charge is 0.495 e. The first-order valence-electron chi connectivity index (χ1n) is 13.0. The Hall–Kier alpha value is -4.22. The average Bonchev–Trinajstić information content (AvgIpc) is 3.46. The molecule has 216 valence electrons. The van der Waals surface area contributed by atoms with E-state index in [1.807, 2.05) is 0 Å². The van der Waals surface area contributed by atoms with E-state index in [2.05, 4.69) is 4.98 Å². The molecule has 0 saturated carbocycles. The van der Waals surface area contributed by atoms with Gasteiger partial charge in [-0.2, -0.15) is 13.2 Å². The summed E-state index contributed by atoms with van der Waals surface area (Å²) < 4.78 is 65.2. The Morgan fingerprint density at radius 2 is 1.98 bits per heavy atom. The number of ketones is 1.